The average Bonchev–Trinajstić information content (AvgIpc) is 2.88. The summed E-state index contributed by atoms with van der Waals surface area (Å²) < 4.78 is 5.24. The summed E-state index contributed by atoms with van der Waals surface area (Å²) in [5.41, 5.74) is 3.87. The fraction of sp³-hybridized carbons (Fsp3) is 0.167. The number of aromatic nitrogens is 1. The largest absolute Gasteiger partial charge is 0.497 e. The number of carbonyl (C=O) groups is 1. The summed E-state index contributed by atoms with van der Waals surface area (Å²) in [6.45, 7) is 3.79. The van der Waals surface area contributed by atoms with Gasteiger partial charge in [0.25, 0.3) is 5.91 Å². The summed E-state index contributed by atoms with van der Waals surface area (Å²) in [5.74, 6) is 0.570. The van der Waals surface area contributed by atoms with Crippen LogP contribution in [0.1, 0.15) is 21.6 Å². The summed E-state index contributed by atoms with van der Waals surface area (Å²) in [6, 6.07) is 11.1. The Morgan fingerprint density at radius 2 is 1.96 bits per heavy atom. The third-order valence-electron chi connectivity index (χ3n) is 4.01. The van der Waals surface area contributed by atoms with Gasteiger partial charge in [0.05, 0.1) is 7.11 Å². The number of rotatable bonds is 3. The average molecular weight is 329 g/mol. The zero-order valence-corrected chi connectivity index (χ0v) is 13.9. The Hall–Kier alpha value is -2.46. The van der Waals surface area contributed by atoms with E-state index in [2.05, 4.69) is 10.3 Å². The van der Waals surface area contributed by atoms with Crippen molar-refractivity contribution in [2.45, 2.75) is 13.8 Å². The number of benzene rings is 2. The summed E-state index contributed by atoms with van der Waals surface area (Å²) in [6.07, 6.45) is 0. The second-order valence-corrected chi connectivity index (χ2v) is 5.81. The molecule has 0 saturated carbocycles. The maximum absolute atomic E-state index is 12.6. The molecule has 5 heteroatoms. The SMILES string of the molecule is COc1ccc2[nH]c(C(=O)Nc3cccc(Cl)c3C)c(C)c2c1. The topological polar surface area (TPSA) is 54.1 Å². The lowest BCUT2D eigenvalue weighted by atomic mass is 10.1. The van der Waals surface area contributed by atoms with Crippen LogP contribution >= 0.6 is 11.6 Å². The third kappa shape index (κ3) is 2.78. The molecule has 0 aliphatic heterocycles. The first-order chi connectivity index (χ1) is 11.0. The maximum Gasteiger partial charge on any atom is 0.272 e. The van der Waals surface area contributed by atoms with E-state index in [-0.39, 0.29) is 5.91 Å². The Morgan fingerprint density at radius 3 is 2.70 bits per heavy atom. The number of nitrogens with one attached hydrogen (secondary N) is 2. The Balaban J connectivity index is 1.98. The summed E-state index contributed by atoms with van der Waals surface area (Å²) in [7, 11) is 1.62. The fourth-order valence-electron chi connectivity index (χ4n) is 2.59. The minimum atomic E-state index is -0.192. The second kappa shape index (κ2) is 5.97. The minimum Gasteiger partial charge on any atom is -0.497 e. The lowest BCUT2D eigenvalue weighted by Gasteiger charge is -2.09. The van der Waals surface area contributed by atoms with Crippen LogP contribution in [0, 0.1) is 13.8 Å². The molecule has 1 aromatic heterocycles. The molecule has 3 aromatic rings. The standard InChI is InChI=1S/C18H17ClN2O2/c1-10-13-9-12(23-3)7-8-16(13)20-17(10)18(22)21-15-6-4-5-14(19)11(15)2/h4-9,20H,1-3H3,(H,21,22). The van der Waals surface area contributed by atoms with Gasteiger partial charge in [-0.25, -0.2) is 0 Å². The second-order valence-electron chi connectivity index (χ2n) is 5.40. The quantitative estimate of drug-likeness (QED) is 0.732. The van der Waals surface area contributed by atoms with Gasteiger partial charge in [-0.3, -0.25) is 4.79 Å². The molecule has 0 saturated heterocycles. The number of aromatic amines is 1. The van der Waals surface area contributed by atoms with Gasteiger partial charge < -0.3 is 15.0 Å². The third-order valence-corrected chi connectivity index (χ3v) is 4.42. The van der Waals surface area contributed by atoms with E-state index in [0.29, 0.717) is 16.4 Å². The van der Waals surface area contributed by atoms with Crippen LogP contribution in [0.4, 0.5) is 5.69 Å². The summed E-state index contributed by atoms with van der Waals surface area (Å²) in [5, 5.41) is 4.51. The highest BCUT2D eigenvalue weighted by atomic mass is 35.5. The molecule has 0 aliphatic rings. The number of H-pyrrole nitrogens is 1. The van der Waals surface area contributed by atoms with E-state index in [1.165, 1.54) is 0 Å². The van der Waals surface area contributed by atoms with Gasteiger partial charge >= 0.3 is 0 Å². The van der Waals surface area contributed by atoms with Crippen molar-refractivity contribution in [1.82, 2.24) is 4.98 Å². The predicted octanol–water partition coefficient (Wildman–Crippen LogP) is 4.70. The van der Waals surface area contributed by atoms with Crippen molar-refractivity contribution in [3.8, 4) is 5.75 Å². The molecule has 3 rings (SSSR count). The number of amides is 1. The fourth-order valence-corrected chi connectivity index (χ4v) is 2.76. The Bertz CT molecular complexity index is 899. The van der Waals surface area contributed by atoms with Gasteiger partial charge in [-0.15, -0.1) is 0 Å². The molecule has 0 radical (unpaired) electrons. The van der Waals surface area contributed by atoms with Crippen molar-refractivity contribution in [1.29, 1.82) is 0 Å². The van der Waals surface area contributed by atoms with Crippen LogP contribution < -0.4 is 10.1 Å². The number of hydrogen-bond donors (Lipinski definition) is 2. The molecule has 0 unspecified atom stereocenters. The van der Waals surface area contributed by atoms with Crippen LogP contribution in [0.2, 0.25) is 5.02 Å². The van der Waals surface area contributed by atoms with Gasteiger partial charge in [0.15, 0.2) is 0 Å². The van der Waals surface area contributed by atoms with E-state index >= 15 is 0 Å². The first-order valence-electron chi connectivity index (χ1n) is 7.24. The molecule has 1 heterocycles. The first kappa shape index (κ1) is 15.4. The Kier molecular flexibility index (Phi) is 4.01. The smallest absolute Gasteiger partial charge is 0.272 e. The normalized spacial score (nSPS) is 10.8. The van der Waals surface area contributed by atoms with E-state index in [4.69, 9.17) is 16.3 Å². The number of fused-ring (bicyclic) bond motifs is 1. The zero-order chi connectivity index (χ0) is 16.6. The number of aryl methyl sites for hydroxylation is 1. The van der Waals surface area contributed by atoms with Crippen molar-refractivity contribution in [2.24, 2.45) is 0 Å². The van der Waals surface area contributed by atoms with Gasteiger partial charge in [0.2, 0.25) is 0 Å². The number of halogens is 1. The number of hydrogen-bond acceptors (Lipinski definition) is 2. The number of anilines is 1. The van der Waals surface area contributed by atoms with Crippen molar-refractivity contribution in [2.75, 3.05) is 12.4 Å². The minimum absolute atomic E-state index is 0.192. The molecule has 2 N–H and O–H groups in total. The van der Waals surface area contributed by atoms with Crippen molar-refractivity contribution in [3.05, 3.63) is 58.2 Å². The number of ether oxygens (including phenoxy) is 1. The van der Waals surface area contributed by atoms with Crippen molar-refractivity contribution >= 4 is 34.1 Å². The van der Waals surface area contributed by atoms with Gasteiger partial charge in [-0.05, 0) is 55.3 Å². The number of methoxy groups -OCH3 is 1. The van der Waals surface area contributed by atoms with E-state index in [9.17, 15) is 4.79 Å². The highest BCUT2D eigenvalue weighted by molar-refractivity contribution is 6.31. The molecule has 4 nitrogen and oxygen atoms in total. The van der Waals surface area contributed by atoms with Crippen molar-refractivity contribution < 1.29 is 9.53 Å². The van der Waals surface area contributed by atoms with Gasteiger partial charge in [-0.1, -0.05) is 17.7 Å². The lowest BCUT2D eigenvalue weighted by Crippen LogP contribution is -2.14. The van der Waals surface area contributed by atoms with Crippen LogP contribution in [0.5, 0.6) is 5.75 Å². The van der Waals surface area contributed by atoms with E-state index in [1.54, 1.807) is 13.2 Å². The molecule has 0 aliphatic carbocycles. The van der Waals surface area contributed by atoms with Crippen LogP contribution in [-0.2, 0) is 0 Å². The first-order valence-corrected chi connectivity index (χ1v) is 7.62. The van der Waals surface area contributed by atoms with Gasteiger partial charge in [0, 0.05) is 21.6 Å². The zero-order valence-electron chi connectivity index (χ0n) is 13.2. The molecule has 23 heavy (non-hydrogen) atoms. The molecule has 0 bridgehead atoms. The molecular formula is C18H17ClN2O2. The van der Waals surface area contributed by atoms with E-state index < -0.39 is 0 Å². The monoisotopic (exact) mass is 328 g/mol. The van der Waals surface area contributed by atoms with Gasteiger partial charge in [0.1, 0.15) is 11.4 Å². The van der Waals surface area contributed by atoms with E-state index in [1.807, 2.05) is 44.2 Å². The molecule has 0 spiro atoms. The molecule has 118 valence electrons. The Labute approximate surface area is 139 Å². The highest BCUT2D eigenvalue weighted by Gasteiger charge is 2.16. The van der Waals surface area contributed by atoms with Crippen LogP contribution in [0.3, 0.4) is 0 Å². The maximum atomic E-state index is 12.6. The molecular weight excluding hydrogens is 312 g/mol. The molecule has 1 amide bonds. The lowest BCUT2D eigenvalue weighted by molar-refractivity contribution is 0.102. The van der Waals surface area contributed by atoms with Crippen LogP contribution in [-0.4, -0.2) is 18.0 Å². The number of carbonyl (C=O) groups excluding carboxylic acids is 1. The van der Waals surface area contributed by atoms with Crippen LogP contribution in [0.15, 0.2) is 36.4 Å². The van der Waals surface area contributed by atoms with Gasteiger partial charge in [-0.2, -0.15) is 0 Å². The summed E-state index contributed by atoms with van der Waals surface area (Å²) in [4.78, 5) is 15.8. The Morgan fingerprint density at radius 1 is 1.17 bits per heavy atom. The predicted molar refractivity (Wildman–Crippen MR) is 93.7 cm³/mol. The van der Waals surface area contributed by atoms with Crippen molar-refractivity contribution in [3.63, 3.8) is 0 Å². The van der Waals surface area contributed by atoms with Crippen LogP contribution in [0.25, 0.3) is 10.9 Å². The molecule has 0 fully saturated rings. The molecule has 2 aromatic carbocycles. The molecule has 0 atom stereocenters. The summed E-state index contributed by atoms with van der Waals surface area (Å²) >= 11 is 6.10. The van der Waals surface area contributed by atoms with E-state index in [0.717, 1.165) is 27.8 Å². The highest BCUT2D eigenvalue weighted by Crippen LogP contribution is 2.28.